The van der Waals surface area contributed by atoms with Gasteiger partial charge < -0.3 is 14.3 Å². The number of aromatic amines is 1. The van der Waals surface area contributed by atoms with E-state index in [1.807, 2.05) is 6.07 Å². The molecule has 3 heteroatoms. The zero-order chi connectivity index (χ0) is 24.1. The van der Waals surface area contributed by atoms with Crippen LogP contribution >= 0.6 is 0 Å². The van der Waals surface area contributed by atoms with Crippen LogP contribution in [0.2, 0.25) is 0 Å². The van der Waals surface area contributed by atoms with E-state index in [0.717, 1.165) is 17.6 Å². The predicted molar refractivity (Wildman–Crippen MR) is 153 cm³/mol. The van der Waals surface area contributed by atoms with Crippen molar-refractivity contribution in [3.8, 4) is 0 Å². The number of aromatic nitrogens is 1. The summed E-state index contributed by atoms with van der Waals surface area (Å²) in [7, 11) is 0. The number of anilines is 2. The molecule has 0 bridgehead atoms. The van der Waals surface area contributed by atoms with Gasteiger partial charge in [0.1, 0.15) is 11.2 Å². The van der Waals surface area contributed by atoms with Crippen LogP contribution in [-0.2, 0) is 6.42 Å². The number of benzene rings is 5. The minimum atomic E-state index is 0.197. The topological polar surface area (TPSA) is 32.2 Å². The summed E-state index contributed by atoms with van der Waals surface area (Å²) in [5, 5.41) is 6.24. The molecule has 1 atom stereocenters. The fourth-order valence-electron chi connectivity index (χ4n) is 6.72. The van der Waals surface area contributed by atoms with Gasteiger partial charge in [-0.3, -0.25) is 0 Å². The van der Waals surface area contributed by atoms with E-state index in [1.165, 1.54) is 66.2 Å². The molecule has 5 aromatic carbocycles. The van der Waals surface area contributed by atoms with Gasteiger partial charge in [0.2, 0.25) is 0 Å². The van der Waals surface area contributed by atoms with Crippen molar-refractivity contribution in [1.29, 1.82) is 0 Å². The second-order valence-electron chi connectivity index (χ2n) is 10.2. The largest absolute Gasteiger partial charge is 0.455 e. The van der Waals surface area contributed by atoms with Crippen LogP contribution in [0.25, 0.3) is 55.3 Å². The van der Waals surface area contributed by atoms with Crippen LogP contribution in [0.1, 0.15) is 16.8 Å². The highest BCUT2D eigenvalue weighted by Crippen LogP contribution is 2.53. The lowest BCUT2D eigenvalue weighted by atomic mass is 9.88. The third-order valence-electron chi connectivity index (χ3n) is 8.28. The molecule has 3 nitrogen and oxygen atoms in total. The molecular formula is C34H22N2O. The molecule has 3 heterocycles. The van der Waals surface area contributed by atoms with E-state index in [0.29, 0.717) is 0 Å². The van der Waals surface area contributed by atoms with Crippen molar-refractivity contribution >= 4 is 66.6 Å². The Bertz CT molecular complexity index is 2080. The summed E-state index contributed by atoms with van der Waals surface area (Å²) in [5.74, 6) is 0. The lowest BCUT2D eigenvalue weighted by Gasteiger charge is -2.30. The summed E-state index contributed by atoms with van der Waals surface area (Å²) in [4.78, 5) is 6.28. The van der Waals surface area contributed by atoms with E-state index in [-0.39, 0.29) is 6.04 Å². The summed E-state index contributed by atoms with van der Waals surface area (Å²) in [6.45, 7) is 0. The van der Waals surface area contributed by atoms with Crippen molar-refractivity contribution in [3.63, 3.8) is 0 Å². The van der Waals surface area contributed by atoms with E-state index in [9.17, 15) is 0 Å². The highest BCUT2D eigenvalue weighted by atomic mass is 16.3. The number of rotatable bonds is 1. The molecule has 174 valence electrons. The number of para-hydroxylation sites is 2. The normalized spacial score (nSPS) is 16.4. The monoisotopic (exact) mass is 474 g/mol. The van der Waals surface area contributed by atoms with Gasteiger partial charge in [0.25, 0.3) is 0 Å². The molecule has 2 aromatic heterocycles. The maximum atomic E-state index is 6.58. The lowest BCUT2D eigenvalue weighted by Crippen LogP contribution is -2.30. The van der Waals surface area contributed by atoms with Crippen molar-refractivity contribution in [1.82, 2.24) is 4.98 Å². The van der Waals surface area contributed by atoms with Gasteiger partial charge in [0, 0.05) is 50.6 Å². The van der Waals surface area contributed by atoms with Crippen LogP contribution in [0.5, 0.6) is 0 Å². The smallest absolute Gasteiger partial charge is 0.145 e. The highest BCUT2D eigenvalue weighted by molar-refractivity contribution is 6.18. The molecule has 1 aliphatic heterocycles. The summed E-state index contributed by atoms with van der Waals surface area (Å²) in [6.07, 6.45) is 3.35. The molecule has 7 aromatic rings. The van der Waals surface area contributed by atoms with Crippen molar-refractivity contribution in [2.24, 2.45) is 0 Å². The zero-order valence-electron chi connectivity index (χ0n) is 20.0. The molecular weight excluding hydrogens is 452 g/mol. The minimum Gasteiger partial charge on any atom is -0.455 e. The van der Waals surface area contributed by atoms with E-state index in [4.69, 9.17) is 4.42 Å². The molecule has 1 N–H and O–H groups in total. The van der Waals surface area contributed by atoms with E-state index >= 15 is 0 Å². The van der Waals surface area contributed by atoms with E-state index < -0.39 is 0 Å². The standard InChI is InChI=1S/C34H22N2O/c1-2-9-21(10-3-1)36-29-17-15-24-23-12-6-7-13-31(23)37-34(24)33(29)26-18-25-28(19-30(26)36)35-27-16-14-20-8-4-5-11-22(20)32(25)27/h1-18,30,35H,19H2. The van der Waals surface area contributed by atoms with Crippen molar-refractivity contribution in [3.05, 3.63) is 120 Å². The van der Waals surface area contributed by atoms with Crippen LogP contribution in [0.4, 0.5) is 11.4 Å². The van der Waals surface area contributed by atoms with Gasteiger partial charge in [-0.15, -0.1) is 0 Å². The molecule has 2 aliphatic rings. The fourth-order valence-corrected chi connectivity index (χ4v) is 6.72. The van der Waals surface area contributed by atoms with Crippen LogP contribution in [0.3, 0.4) is 0 Å². The van der Waals surface area contributed by atoms with E-state index in [2.05, 4.69) is 113 Å². The van der Waals surface area contributed by atoms with Gasteiger partial charge in [0.05, 0.1) is 11.7 Å². The summed E-state index contributed by atoms with van der Waals surface area (Å²) >= 11 is 0. The van der Waals surface area contributed by atoms with Gasteiger partial charge in [-0.2, -0.15) is 0 Å². The molecule has 0 saturated carbocycles. The molecule has 0 amide bonds. The number of nitrogens with one attached hydrogen (secondary N) is 1. The average Bonchev–Trinajstić information content (AvgIpc) is 3.61. The third-order valence-corrected chi connectivity index (χ3v) is 8.28. The summed E-state index contributed by atoms with van der Waals surface area (Å²) < 4.78 is 6.58. The minimum absolute atomic E-state index is 0.197. The van der Waals surface area contributed by atoms with Gasteiger partial charge in [-0.05, 0) is 58.8 Å². The Morgan fingerprint density at radius 2 is 1.54 bits per heavy atom. The first kappa shape index (κ1) is 19.4. The third kappa shape index (κ3) is 2.51. The van der Waals surface area contributed by atoms with Crippen molar-refractivity contribution in [2.45, 2.75) is 12.5 Å². The highest BCUT2D eigenvalue weighted by Gasteiger charge is 2.40. The second kappa shape index (κ2) is 6.92. The molecule has 0 spiro atoms. The Labute approximate surface area is 213 Å². The SMILES string of the molecule is C1=C2c3c(ccc4c3oc3ccccc34)N(c3ccccc3)C2Cc2[nH]c3ccc4ccccc4c3c21. The molecule has 1 aliphatic carbocycles. The van der Waals surface area contributed by atoms with Crippen LogP contribution < -0.4 is 4.90 Å². The maximum Gasteiger partial charge on any atom is 0.145 e. The molecule has 1 unspecified atom stereocenters. The first-order chi connectivity index (χ1) is 18.3. The lowest BCUT2D eigenvalue weighted by molar-refractivity contribution is 0.668. The molecule has 0 saturated heterocycles. The Morgan fingerprint density at radius 3 is 2.46 bits per heavy atom. The molecule has 0 fully saturated rings. The number of fused-ring (bicyclic) bond motifs is 12. The summed E-state index contributed by atoms with van der Waals surface area (Å²) in [5.41, 5.74) is 10.7. The molecule has 9 rings (SSSR count). The Kier molecular flexibility index (Phi) is 3.64. The number of nitrogens with zero attached hydrogens (tertiary/aromatic N) is 1. The average molecular weight is 475 g/mol. The van der Waals surface area contributed by atoms with Crippen molar-refractivity contribution in [2.75, 3.05) is 4.90 Å². The zero-order valence-corrected chi connectivity index (χ0v) is 20.0. The van der Waals surface area contributed by atoms with Crippen LogP contribution in [0, 0.1) is 0 Å². The first-order valence-corrected chi connectivity index (χ1v) is 12.9. The molecule has 37 heavy (non-hydrogen) atoms. The maximum absolute atomic E-state index is 6.58. The quantitative estimate of drug-likeness (QED) is 0.258. The second-order valence-corrected chi connectivity index (χ2v) is 10.2. The Morgan fingerprint density at radius 1 is 0.730 bits per heavy atom. The van der Waals surface area contributed by atoms with Gasteiger partial charge in [0.15, 0.2) is 0 Å². The summed E-state index contributed by atoms with van der Waals surface area (Å²) in [6, 6.07) is 37.0. The predicted octanol–water partition coefficient (Wildman–Crippen LogP) is 8.84. The Balaban J connectivity index is 1.39. The first-order valence-electron chi connectivity index (χ1n) is 12.9. The number of furan rings is 1. The number of hydrogen-bond acceptors (Lipinski definition) is 2. The van der Waals surface area contributed by atoms with Gasteiger partial charge >= 0.3 is 0 Å². The number of H-pyrrole nitrogens is 1. The fraction of sp³-hybridized carbons (Fsp3) is 0.0588. The molecule has 0 radical (unpaired) electrons. The van der Waals surface area contributed by atoms with Crippen LogP contribution in [-0.4, -0.2) is 11.0 Å². The van der Waals surface area contributed by atoms with Crippen molar-refractivity contribution < 1.29 is 4.42 Å². The van der Waals surface area contributed by atoms with E-state index in [1.54, 1.807) is 0 Å². The van der Waals surface area contributed by atoms with Gasteiger partial charge in [-0.25, -0.2) is 0 Å². The van der Waals surface area contributed by atoms with Crippen LogP contribution in [0.15, 0.2) is 108 Å². The Hall–Kier alpha value is -4.76. The van der Waals surface area contributed by atoms with Gasteiger partial charge in [-0.1, -0.05) is 66.7 Å². The number of hydrogen-bond donors (Lipinski definition) is 1.